The summed E-state index contributed by atoms with van der Waals surface area (Å²) in [5, 5.41) is 8.53. The molecule has 2 bridgehead atoms. The van der Waals surface area contributed by atoms with Crippen molar-refractivity contribution in [1.29, 1.82) is 0 Å². The monoisotopic (exact) mass is 224 g/mol. The highest BCUT2D eigenvalue weighted by Gasteiger charge is 2.38. The summed E-state index contributed by atoms with van der Waals surface area (Å²) in [6.07, 6.45) is 3.86. The Hall–Kier alpha value is -1.03. The fourth-order valence-electron chi connectivity index (χ4n) is 2.37. The lowest BCUT2D eigenvalue weighted by atomic mass is 9.92. The van der Waals surface area contributed by atoms with Gasteiger partial charge in [0.2, 0.25) is 0 Å². The van der Waals surface area contributed by atoms with Gasteiger partial charge in [0.05, 0.1) is 0 Å². The van der Waals surface area contributed by atoms with E-state index in [9.17, 15) is 0 Å². The van der Waals surface area contributed by atoms with Crippen LogP contribution in [-0.4, -0.2) is 22.6 Å². The van der Waals surface area contributed by atoms with E-state index < -0.39 is 0 Å². The zero-order valence-electron chi connectivity index (χ0n) is 8.23. The predicted octanol–water partition coefficient (Wildman–Crippen LogP) is 3.40. The molecule has 4 atom stereocenters. The first-order valence-electron chi connectivity index (χ1n) is 5.09. The number of nitrogens with zero attached hydrogens (tertiary/aromatic N) is 6. The molecule has 80 valence electrons. The highest BCUT2D eigenvalue weighted by molar-refractivity contribution is 8.00. The predicted molar refractivity (Wildman–Crippen MR) is 59.5 cm³/mol. The largest absolute Gasteiger partial charge is 0.154 e. The first-order chi connectivity index (χ1) is 7.35. The summed E-state index contributed by atoms with van der Waals surface area (Å²) < 4.78 is 0. The van der Waals surface area contributed by atoms with E-state index in [4.69, 9.17) is 11.1 Å². The van der Waals surface area contributed by atoms with Gasteiger partial charge in [0.1, 0.15) is 0 Å². The van der Waals surface area contributed by atoms with E-state index in [1.807, 2.05) is 11.8 Å². The topological polar surface area (TPSA) is 97.5 Å². The Bertz CT molecular complexity index is 300. The smallest absolute Gasteiger partial charge is 0.0493 e. The van der Waals surface area contributed by atoms with Gasteiger partial charge in [-0.05, 0) is 36.7 Å². The Labute approximate surface area is 91.7 Å². The maximum Gasteiger partial charge on any atom is 0.0493 e. The van der Waals surface area contributed by atoms with Gasteiger partial charge in [-0.1, -0.05) is 10.2 Å². The third kappa shape index (κ3) is 2.15. The minimum Gasteiger partial charge on any atom is -0.154 e. The molecule has 2 unspecified atom stereocenters. The summed E-state index contributed by atoms with van der Waals surface area (Å²) >= 11 is 1.84. The second-order valence-corrected chi connectivity index (χ2v) is 5.40. The second-order valence-electron chi connectivity index (χ2n) is 3.91. The van der Waals surface area contributed by atoms with Gasteiger partial charge in [-0.15, -0.1) is 0 Å². The van der Waals surface area contributed by atoms with E-state index in [2.05, 4.69) is 20.1 Å². The molecule has 0 aromatic rings. The van der Waals surface area contributed by atoms with Crippen molar-refractivity contribution in [1.82, 2.24) is 0 Å². The summed E-state index contributed by atoms with van der Waals surface area (Å²) in [5.41, 5.74) is 16.9. The van der Waals surface area contributed by atoms with Gasteiger partial charge in [-0.2, -0.15) is 11.8 Å². The van der Waals surface area contributed by atoms with Gasteiger partial charge in [0, 0.05) is 32.4 Å². The summed E-state index contributed by atoms with van der Waals surface area (Å²) in [5.74, 6) is 0. The highest BCUT2D eigenvalue weighted by atomic mass is 32.2. The number of hydrogen-bond acceptors (Lipinski definition) is 3. The Morgan fingerprint density at radius 3 is 1.73 bits per heavy atom. The van der Waals surface area contributed by atoms with Crippen molar-refractivity contribution in [2.45, 2.75) is 48.3 Å². The van der Waals surface area contributed by atoms with Crippen LogP contribution in [0.1, 0.15) is 25.7 Å². The van der Waals surface area contributed by atoms with Crippen molar-refractivity contribution < 1.29 is 0 Å². The summed E-state index contributed by atoms with van der Waals surface area (Å²) in [7, 11) is 0. The standard InChI is InChI=1S/C8H12N6S/c9-13-11-5-1-3-7-6(12-14-10)2-4-8(5)15-7/h5-8H,1-4H2/t5-,6-,7?,8?/m1/s1. The number of hydrogen-bond donors (Lipinski definition) is 0. The quantitative estimate of drug-likeness (QED) is 0.401. The van der Waals surface area contributed by atoms with Gasteiger partial charge in [-0.3, -0.25) is 0 Å². The van der Waals surface area contributed by atoms with Crippen LogP contribution in [0, 0.1) is 0 Å². The lowest BCUT2D eigenvalue weighted by Gasteiger charge is -2.40. The molecule has 0 aliphatic carbocycles. The molecule has 2 rings (SSSR count). The molecule has 0 spiro atoms. The first-order valence-corrected chi connectivity index (χ1v) is 6.03. The van der Waals surface area contributed by atoms with Crippen LogP contribution in [-0.2, 0) is 0 Å². The van der Waals surface area contributed by atoms with Crippen LogP contribution in [0.25, 0.3) is 20.9 Å². The van der Waals surface area contributed by atoms with E-state index in [1.54, 1.807) is 0 Å². The van der Waals surface area contributed by atoms with Crippen molar-refractivity contribution in [2.75, 3.05) is 0 Å². The lowest BCUT2D eigenvalue weighted by molar-refractivity contribution is 0.405. The van der Waals surface area contributed by atoms with Crippen molar-refractivity contribution in [3.8, 4) is 0 Å². The van der Waals surface area contributed by atoms with Crippen molar-refractivity contribution in [2.24, 2.45) is 10.2 Å². The Kier molecular flexibility index (Phi) is 3.26. The summed E-state index contributed by atoms with van der Waals surface area (Å²) in [4.78, 5) is 5.78. The molecular weight excluding hydrogens is 212 g/mol. The van der Waals surface area contributed by atoms with Crippen molar-refractivity contribution in [3.05, 3.63) is 20.9 Å². The molecule has 0 aromatic heterocycles. The van der Waals surface area contributed by atoms with Gasteiger partial charge >= 0.3 is 0 Å². The average molecular weight is 224 g/mol. The molecule has 0 amide bonds. The molecule has 0 radical (unpaired) electrons. The maximum absolute atomic E-state index is 8.43. The molecule has 2 heterocycles. The van der Waals surface area contributed by atoms with E-state index in [-0.39, 0.29) is 12.1 Å². The fourth-order valence-corrected chi connectivity index (χ4v) is 4.10. The molecule has 2 aliphatic rings. The number of thioether (sulfide) groups is 1. The minimum absolute atomic E-state index is 0.142. The molecule has 0 aromatic carbocycles. The normalized spacial score (nSPS) is 38.7. The number of azide groups is 2. The second kappa shape index (κ2) is 4.66. The van der Waals surface area contributed by atoms with Crippen molar-refractivity contribution in [3.63, 3.8) is 0 Å². The molecule has 15 heavy (non-hydrogen) atoms. The first kappa shape index (κ1) is 10.5. The minimum atomic E-state index is 0.142. The molecule has 0 N–H and O–H groups in total. The number of fused-ring (bicyclic) bond motifs is 2. The van der Waals surface area contributed by atoms with Gasteiger partial charge in [0.25, 0.3) is 0 Å². The van der Waals surface area contributed by atoms with Crippen LogP contribution in [0.3, 0.4) is 0 Å². The fraction of sp³-hybridized carbons (Fsp3) is 1.00. The Morgan fingerprint density at radius 2 is 1.33 bits per heavy atom. The number of rotatable bonds is 2. The molecule has 2 fully saturated rings. The molecule has 7 heteroatoms. The molecular formula is C8H12N6S. The molecule has 2 aliphatic heterocycles. The highest BCUT2D eigenvalue weighted by Crippen LogP contribution is 2.43. The van der Waals surface area contributed by atoms with Crippen LogP contribution in [0.15, 0.2) is 10.2 Å². The van der Waals surface area contributed by atoms with Gasteiger partial charge in [0.15, 0.2) is 0 Å². The Balaban J connectivity index is 2.05. The van der Waals surface area contributed by atoms with Crippen molar-refractivity contribution >= 4 is 11.8 Å². The third-order valence-electron chi connectivity index (χ3n) is 3.10. The van der Waals surface area contributed by atoms with Crippen LogP contribution in [0.2, 0.25) is 0 Å². The Morgan fingerprint density at radius 1 is 0.867 bits per heavy atom. The van der Waals surface area contributed by atoms with Crippen LogP contribution in [0.5, 0.6) is 0 Å². The molecule has 6 nitrogen and oxygen atoms in total. The van der Waals surface area contributed by atoms with E-state index in [1.165, 1.54) is 0 Å². The summed E-state index contributed by atoms with van der Waals surface area (Å²) in [6, 6.07) is 0.284. The SMILES string of the molecule is [N-]=[N+]=N[C@@H]1CCC2SC1CC[C@H]2N=[N+]=[N-]. The third-order valence-corrected chi connectivity index (χ3v) is 4.90. The summed E-state index contributed by atoms with van der Waals surface area (Å²) in [6.45, 7) is 0. The van der Waals surface area contributed by atoms with Gasteiger partial charge in [-0.25, -0.2) is 0 Å². The van der Waals surface area contributed by atoms with E-state index in [0.29, 0.717) is 10.5 Å². The van der Waals surface area contributed by atoms with E-state index in [0.717, 1.165) is 25.7 Å². The lowest BCUT2D eigenvalue weighted by Crippen LogP contribution is -2.40. The van der Waals surface area contributed by atoms with Crippen LogP contribution >= 0.6 is 11.8 Å². The molecule has 2 saturated heterocycles. The van der Waals surface area contributed by atoms with E-state index >= 15 is 0 Å². The average Bonchev–Trinajstić information content (AvgIpc) is 2.26. The zero-order chi connectivity index (χ0) is 10.7. The molecule has 0 saturated carbocycles. The van der Waals surface area contributed by atoms with Crippen LogP contribution < -0.4 is 0 Å². The zero-order valence-corrected chi connectivity index (χ0v) is 9.05. The maximum atomic E-state index is 8.43. The van der Waals surface area contributed by atoms with Gasteiger partial charge < -0.3 is 0 Å². The van der Waals surface area contributed by atoms with Crippen LogP contribution in [0.4, 0.5) is 0 Å².